The Morgan fingerprint density at radius 1 is 0.342 bits per heavy atom. The van der Waals surface area contributed by atoms with Crippen molar-refractivity contribution >= 4 is 23.9 Å². The Morgan fingerprint density at radius 3 is 0.863 bits per heavy atom. The fourth-order valence-corrected chi connectivity index (χ4v) is 6.45. The lowest BCUT2D eigenvalue weighted by Gasteiger charge is -2.11. The van der Waals surface area contributed by atoms with Crippen LogP contribution in [0.1, 0.15) is 98.4 Å². The molecule has 6 aromatic carbocycles. The number of carbonyl (C=O) groups is 4. The summed E-state index contributed by atoms with van der Waals surface area (Å²) in [6.07, 6.45) is 14.5. The van der Waals surface area contributed by atoms with Crippen LogP contribution in [0, 0.1) is 6.92 Å². The lowest BCUT2D eigenvalue weighted by atomic mass is 10.2. The predicted molar refractivity (Wildman–Crippen MR) is 283 cm³/mol. The zero-order chi connectivity index (χ0) is 52.0. The summed E-state index contributed by atoms with van der Waals surface area (Å²) in [6, 6.07) is 38.2. The molecule has 0 aliphatic rings. The van der Waals surface area contributed by atoms with E-state index < -0.39 is 23.9 Å². The van der Waals surface area contributed by atoms with Gasteiger partial charge in [0.15, 0.2) is 0 Å². The molecule has 0 N–H and O–H groups in total. The normalized spacial score (nSPS) is 10.3. The molecule has 0 radical (unpaired) electrons. The van der Waals surface area contributed by atoms with Gasteiger partial charge in [-0.1, -0.05) is 24.3 Å². The predicted octanol–water partition coefficient (Wildman–Crippen LogP) is 13.9. The first-order valence-corrected chi connectivity index (χ1v) is 24.0. The summed E-state index contributed by atoms with van der Waals surface area (Å²) in [6.45, 7) is 18.9. The van der Waals surface area contributed by atoms with Crippen LogP contribution in [0.25, 0.3) is 0 Å². The standard InChI is InChI=1S/C31H32O6.C30H30O6/c1-4-6-8-20-34-26-14-10-24(11-15-26)30(32)36-28-18-19-29(23(3)22-28)37-31(33)25-12-16-27(17-13-25)35-21-9-7-5-2;1-3-5-7-21-33-25-13-9-23(10-14-25)29(31)35-27-17-19-28(20-18-27)36-30(32)24-11-15-26(16-12-24)34-22-8-6-4-2/h4-5,10-19,22H,1-2,6-9,20-21H2,3H3;3-4,9-20H,1-2,5-8,21-22H2. The second kappa shape index (κ2) is 30.9. The SMILES string of the molecule is C=CCCCOc1ccc(C(=O)Oc2ccc(OC(=O)c3ccc(OCCCC=C)cc3)c(C)c2)cc1.C=CCCCOc1ccc(C(=O)Oc2ccc(OC(=O)c3ccc(OCCCC=C)cc3)cc2)cc1. The van der Waals surface area contributed by atoms with E-state index in [9.17, 15) is 19.2 Å². The summed E-state index contributed by atoms with van der Waals surface area (Å²) in [5.74, 6) is 2.19. The molecule has 0 unspecified atom stereocenters. The summed E-state index contributed by atoms with van der Waals surface area (Å²) >= 11 is 0. The largest absolute Gasteiger partial charge is 0.494 e. The monoisotopic (exact) mass is 986 g/mol. The van der Waals surface area contributed by atoms with Crippen LogP contribution < -0.4 is 37.9 Å². The van der Waals surface area contributed by atoms with Crippen LogP contribution >= 0.6 is 0 Å². The molecule has 12 heteroatoms. The second-order valence-electron chi connectivity index (χ2n) is 16.2. The molecule has 0 aromatic heterocycles. The van der Waals surface area contributed by atoms with E-state index in [1.807, 2.05) is 24.3 Å². The summed E-state index contributed by atoms with van der Waals surface area (Å²) in [5, 5.41) is 0. The Labute approximate surface area is 428 Å². The second-order valence-corrected chi connectivity index (χ2v) is 16.2. The average molecular weight is 987 g/mol. The Bertz CT molecular complexity index is 2610. The minimum Gasteiger partial charge on any atom is -0.494 e. The van der Waals surface area contributed by atoms with Crippen molar-refractivity contribution in [3.8, 4) is 46.0 Å². The Morgan fingerprint density at radius 2 is 0.589 bits per heavy atom. The van der Waals surface area contributed by atoms with Gasteiger partial charge >= 0.3 is 23.9 Å². The molecular weight excluding hydrogens is 925 g/mol. The van der Waals surface area contributed by atoms with Crippen molar-refractivity contribution in [3.05, 3.63) is 218 Å². The third-order valence-electron chi connectivity index (χ3n) is 10.4. The van der Waals surface area contributed by atoms with E-state index in [0.717, 1.165) is 51.4 Å². The minimum atomic E-state index is -0.496. The molecule has 378 valence electrons. The first-order valence-electron chi connectivity index (χ1n) is 24.0. The highest BCUT2D eigenvalue weighted by Gasteiger charge is 2.15. The summed E-state index contributed by atoms with van der Waals surface area (Å²) in [5.41, 5.74) is 2.26. The minimum absolute atomic E-state index is 0.336. The zero-order valence-electron chi connectivity index (χ0n) is 41.3. The molecule has 6 aromatic rings. The summed E-state index contributed by atoms with van der Waals surface area (Å²) < 4.78 is 44.3. The van der Waals surface area contributed by atoms with Gasteiger partial charge < -0.3 is 37.9 Å². The van der Waals surface area contributed by atoms with Crippen molar-refractivity contribution in [2.45, 2.75) is 58.3 Å². The summed E-state index contributed by atoms with van der Waals surface area (Å²) in [7, 11) is 0. The maximum absolute atomic E-state index is 12.6. The molecule has 0 saturated heterocycles. The highest BCUT2D eigenvalue weighted by atomic mass is 16.6. The first-order chi connectivity index (χ1) is 35.6. The van der Waals surface area contributed by atoms with Crippen LogP contribution in [-0.2, 0) is 0 Å². The number of esters is 4. The smallest absolute Gasteiger partial charge is 0.343 e. The Hall–Kier alpha value is -8.64. The van der Waals surface area contributed by atoms with Gasteiger partial charge in [-0.25, -0.2) is 19.2 Å². The van der Waals surface area contributed by atoms with Gasteiger partial charge in [-0.3, -0.25) is 0 Å². The molecule has 0 heterocycles. The average Bonchev–Trinajstić information content (AvgIpc) is 3.41. The number of aryl methyl sites for hydroxylation is 1. The number of allylic oxidation sites excluding steroid dienone is 4. The Balaban J connectivity index is 0.000000271. The van der Waals surface area contributed by atoms with E-state index in [2.05, 4.69) is 26.3 Å². The molecule has 0 atom stereocenters. The third-order valence-corrected chi connectivity index (χ3v) is 10.4. The molecule has 0 amide bonds. The van der Waals surface area contributed by atoms with Gasteiger partial charge in [-0.05, 0) is 203 Å². The van der Waals surface area contributed by atoms with Gasteiger partial charge in [0.2, 0.25) is 0 Å². The van der Waals surface area contributed by atoms with Gasteiger partial charge in [-0.2, -0.15) is 0 Å². The number of ether oxygens (including phenoxy) is 8. The van der Waals surface area contributed by atoms with Gasteiger partial charge in [0.1, 0.15) is 46.0 Å². The first kappa shape index (κ1) is 55.3. The summed E-state index contributed by atoms with van der Waals surface area (Å²) in [4.78, 5) is 50.0. The van der Waals surface area contributed by atoms with Crippen LogP contribution in [0.3, 0.4) is 0 Å². The number of benzene rings is 6. The van der Waals surface area contributed by atoms with Crippen molar-refractivity contribution in [2.24, 2.45) is 0 Å². The van der Waals surface area contributed by atoms with Crippen molar-refractivity contribution in [1.29, 1.82) is 0 Å². The lowest BCUT2D eigenvalue weighted by molar-refractivity contribution is 0.0718. The molecule has 12 nitrogen and oxygen atoms in total. The highest BCUT2D eigenvalue weighted by molar-refractivity contribution is 5.93. The molecule has 0 aliphatic heterocycles. The number of carbonyl (C=O) groups excluding carboxylic acids is 4. The van der Waals surface area contributed by atoms with Crippen molar-refractivity contribution in [2.75, 3.05) is 26.4 Å². The number of rotatable bonds is 28. The maximum Gasteiger partial charge on any atom is 0.343 e. The van der Waals surface area contributed by atoms with Crippen LogP contribution in [0.4, 0.5) is 0 Å². The van der Waals surface area contributed by atoms with Gasteiger partial charge in [0, 0.05) is 0 Å². The fraction of sp³-hybridized carbons (Fsp3) is 0.213. The molecule has 73 heavy (non-hydrogen) atoms. The molecule has 6 rings (SSSR count). The molecule has 0 spiro atoms. The van der Waals surface area contributed by atoms with E-state index in [0.29, 0.717) is 100 Å². The van der Waals surface area contributed by atoms with Crippen LogP contribution in [0.15, 0.2) is 190 Å². The number of hydrogen-bond acceptors (Lipinski definition) is 12. The maximum atomic E-state index is 12.6. The number of unbranched alkanes of at least 4 members (excludes halogenated alkanes) is 4. The quantitative estimate of drug-likeness (QED) is 0.0200. The van der Waals surface area contributed by atoms with E-state index in [1.54, 1.807) is 146 Å². The van der Waals surface area contributed by atoms with Crippen molar-refractivity contribution < 1.29 is 57.1 Å². The van der Waals surface area contributed by atoms with Crippen LogP contribution in [0.2, 0.25) is 0 Å². The van der Waals surface area contributed by atoms with Gasteiger partial charge in [0.25, 0.3) is 0 Å². The molecule has 0 fully saturated rings. The molecule has 0 aliphatic carbocycles. The van der Waals surface area contributed by atoms with E-state index in [-0.39, 0.29) is 0 Å². The molecule has 0 bridgehead atoms. The third kappa shape index (κ3) is 19.6. The van der Waals surface area contributed by atoms with Crippen molar-refractivity contribution in [3.63, 3.8) is 0 Å². The topological polar surface area (TPSA) is 142 Å². The van der Waals surface area contributed by atoms with Crippen LogP contribution in [-0.4, -0.2) is 50.3 Å². The van der Waals surface area contributed by atoms with E-state index in [4.69, 9.17) is 37.9 Å². The molecule has 0 saturated carbocycles. The zero-order valence-corrected chi connectivity index (χ0v) is 41.3. The van der Waals surface area contributed by atoms with Crippen LogP contribution in [0.5, 0.6) is 46.0 Å². The molecular formula is C61H62O12. The highest BCUT2D eigenvalue weighted by Crippen LogP contribution is 2.27. The van der Waals surface area contributed by atoms with Crippen molar-refractivity contribution in [1.82, 2.24) is 0 Å². The number of hydrogen-bond donors (Lipinski definition) is 0. The van der Waals surface area contributed by atoms with E-state index in [1.165, 1.54) is 0 Å². The van der Waals surface area contributed by atoms with Gasteiger partial charge in [-0.15, -0.1) is 26.3 Å². The van der Waals surface area contributed by atoms with E-state index >= 15 is 0 Å². The fourth-order valence-electron chi connectivity index (χ4n) is 6.45. The lowest BCUT2D eigenvalue weighted by Crippen LogP contribution is -2.10. The Kier molecular flexibility index (Phi) is 23.4. The van der Waals surface area contributed by atoms with Gasteiger partial charge in [0.05, 0.1) is 48.7 Å².